The van der Waals surface area contributed by atoms with Crippen LogP contribution in [0, 0.1) is 11.6 Å². The molecule has 1 aliphatic rings. The third-order valence-electron chi connectivity index (χ3n) is 3.85. The minimum Gasteiger partial charge on any atom is -0.308 e. The summed E-state index contributed by atoms with van der Waals surface area (Å²) in [4.78, 5) is 13.8. The monoisotopic (exact) mass is 388 g/mol. The minimum absolute atomic E-state index is 0.167. The van der Waals surface area contributed by atoms with Crippen molar-refractivity contribution in [2.24, 2.45) is 0 Å². The fourth-order valence-corrected chi connectivity index (χ4v) is 3.82. The predicted molar refractivity (Wildman–Crippen MR) is 88.7 cm³/mol. The maximum absolute atomic E-state index is 13.7. The Hall–Kier alpha value is -2.29. The Balaban J connectivity index is 1.76. The van der Waals surface area contributed by atoms with Gasteiger partial charge in [-0.3, -0.25) is 0 Å². The van der Waals surface area contributed by atoms with Crippen LogP contribution in [-0.4, -0.2) is 23.2 Å². The van der Waals surface area contributed by atoms with Crippen LogP contribution in [0.4, 0.5) is 32.4 Å². The second-order valence-corrected chi connectivity index (χ2v) is 6.78. The lowest BCUT2D eigenvalue weighted by atomic mass is 10.1. The van der Waals surface area contributed by atoms with E-state index >= 15 is 0 Å². The Morgan fingerprint density at radius 2 is 1.81 bits per heavy atom. The highest BCUT2D eigenvalue weighted by Gasteiger charge is 2.33. The maximum atomic E-state index is 13.7. The van der Waals surface area contributed by atoms with Crippen LogP contribution in [-0.2, 0) is 6.18 Å². The van der Waals surface area contributed by atoms with Gasteiger partial charge < -0.3 is 10.2 Å². The molecule has 1 saturated heterocycles. The number of halogens is 5. The molecule has 0 aromatic heterocycles. The molecular formula is C17H13F5N2OS. The van der Waals surface area contributed by atoms with Gasteiger partial charge in [0.2, 0.25) is 0 Å². The number of amides is 2. The SMILES string of the molecule is O=C(Nc1ccc(F)cc1F)N1CCS[C@H]1c1ccc(C(F)(F)F)cc1. The first kappa shape index (κ1) is 18.5. The summed E-state index contributed by atoms with van der Waals surface area (Å²) >= 11 is 1.39. The first-order valence-corrected chi connectivity index (χ1v) is 8.62. The van der Waals surface area contributed by atoms with Crippen molar-refractivity contribution in [3.05, 3.63) is 65.2 Å². The Kier molecular flexibility index (Phi) is 5.08. The van der Waals surface area contributed by atoms with E-state index in [2.05, 4.69) is 5.32 Å². The first-order valence-electron chi connectivity index (χ1n) is 7.57. The fourth-order valence-electron chi connectivity index (χ4n) is 2.57. The third kappa shape index (κ3) is 3.92. The average Bonchev–Trinajstić information content (AvgIpc) is 3.06. The lowest BCUT2D eigenvalue weighted by molar-refractivity contribution is -0.137. The van der Waals surface area contributed by atoms with Gasteiger partial charge in [0.1, 0.15) is 17.0 Å². The number of thioether (sulfide) groups is 1. The van der Waals surface area contributed by atoms with Crippen LogP contribution in [0.15, 0.2) is 42.5 Å². The number of benzene rings is 2. The number of anilines is 1. The van der Waals surface area contributed by atoms with E-state index in [1.165, 1.54) is 28.8 Å². The molecule has 2 aromatic rings. The zero-order chi connectivity index (χ0) is 18.9. The number of carbonyl (C=O) groups is 1. The molecule has 0 saturated carbocycles. The topological polar surface area (TPSA) is 32.3 Å². The van der Waals surface area contributed by atoms with Gasteiger partial charge in [-0.2, -0.15) is 13.2 Å². The van der Waals surface area contributed by atoms with E-state index in [9.17, 15) is 26.7 Å². The van der Waals surface area contributed by atoms with Crippen molar-refractivity contribution in [3.63, 3.8) is 0 Å². The van der Waals surface area contributed by atoms with Crippen LogP contribution in [0.1, 0.15) is 16.5 Å². The highest BCUT2D eigenvalue weighted by atomic mass is 32.2. The van der Waals surface area contributed by atoms with E-state index < -0.39 is 34.8 Å². The largest absolute Gasteiger partial charge is 0.416 e. The summed E-state index contributed by atoms with van der Waals surface area (Å²) < 4.78 is 64.6. The highest BCUT2D eigenvalue weighted by Crippen LogP contribution is 2.39. The number of urea groups is 1. The van der Waals surface area contributed by atoms with Crippen LogP contribution in [0.25, 0.3) is 0 Å². The number of carbonyl (C=O) groups excluding carboxylic acids is 1. The average molecular weight is 388 g/mol. The van der Waals surface area contributed by atoms with Crippen LogP contribution in [0.2, 0.25) is 0 Å². The van der Waals surface area contributed by atoms with Gasteiger partial charge in [0.05, 0.1) is 11.3 Å². The van der Waals surface area contributed by atoms with E-state index in [0.29, 0.717) is 23.9 Å². The predicted octanol–water partition coefficient (Wildman–Crippen LogP) is 5.26. The van der Waals surface area contributed by atoms with E-state index in [1.54, 1.807) is 0 Å². The van der Waals surface area contributed by atoms with Crippen molar-refractivity contribution < 1.29 is 26.7 Å². The molecule has 9 heteroatoms. The second-order valence-electron chi connectivity index (χ2n) is 5.59. The number of hydrogen-bond donors (Lipinski definition) is 1. The molecule has 0 aliphatic carbocycles. The molecule has 0 radical (unpaired) electrons. The molecule has 0 unspecified atom stereocenters. The molecule has 1 fully saturated rings. The van der Waals surface area contributed by atoms with Gasteiger partial charge in [0.15, 0.2) is 0 Å². The molecule has 3 nitrogen and oxygen atoms in total. The lowest BCUT2D eigenvalue weighted by Crippen LogP contribution is -2.34. The van der Waals surface area contributed by atoms with Gasteiger partial charge >= 0.3 is 12.2 Å². The van der Waals surface area contributed by atoms with E-state index in [4.69, 9.17) is 0 Å². The smallest absolute Gasteiger partial charge is 0.308 e. The molecule has 2 amide bonds. The summed E-state index contributed by atoms with van der Waals surface area (Å²) in [6.07, 6.45) is -4.43. The zero-order valence-corrected chi connectivity index (χ0v) is 14.0. The molecular weight excluding hydrogens is 375 g/mol. The molecule has 2 aromatic carbocycles. The first-order chi connectivity index (χ1) is 12.3. The standard InChI is InChI=1S/C17H13F5N2OS/c18-12-5-6-14(13(19)9-12)23-16(25)24-7-8-26-15(24)10-1-3-11(4-2-10)17(20,21)22/h1-6,9,15H,7-8H2,(H,23,25)/t15-/m0/s1. The summed E-state index contributed by atoms with van der Waals surface area (Å²) in [5, 5.41) is 1.88. The molecule has 0 spiro atoms. The number of nitrogens with one attached hydrogen (secondary N) is 1. The lowest BCUT2D eigenvalue weighted by Gasteiger charge is -2.24. The van der Waals surface area contributed by atoms with Gasteiger partial charge in [-0.15, -0.1) is 11.8 Å². The van der Waals surface area contributed by atoms with Crippen molar-refractivity contribution in [3.8, 4) is 0 Å². The third-order valence-corrected chi connectivity index (χ3v) is 5.11. The fraction of sp³-hybridized carbons (Fsp3) is 0.235. The summed E-state index contributed by atoms with van der Waals surface area (Å²) in [6, 6.07) is 6.75. The molecule has 3 rings (SSSR count). The number of nitrogens with zero attached hydrogens (tertiary/aromatic N) is 1. The van der Waals surface area contributed by atoms with Crippen molar-refractivity contribution in [2.45, 2.75) is 11.6 Å². The Bertz CT molecular complexity index is 810. The Morgan fingerprint density at radius 3 is 2.42 bits per heavy atom. The molecule has 138 valence electrons. The van der Waals surface area contributed by atoms with Crippen molar-refractivity contribution in [1.29, 1.82) is 0 Å². The van der Waals surface area contributed by atoms with Crippen molar-refractivity contribution >= 4 is 23.5 Å². The van der Waals surface area contributed by atoms with Crippen LogP contribution in [0.5, 0.6) is 0 Å². The Labute approximate surface area is 150 Å². The summed E-state index contributed by atoms with van der Waals surface area (Å²) in [7, 11) is 0. The van der Waals surface area contributed by atoms with Crippen LogP contribution < -0.4 is 5.32 Å². The number of rotatable bonds is 2. The van der Waals surface area contributed by atoms with Crippen LogP contribution in [0.3, 0.4) is 0 Å². The number of hydrogen-bond acceptors (Lipinski definition) is 2. The molecule has 1 atom stereocenters. The molecule has 1 aliphatic heterocycles. The van der Waals surface area contributed by atoms with Gasteiger partial charge in [0.25, 0.3) is 0 Å². The molecule has 1 N–H and O–H groups in total. The van der Waals surface area contributed by atoms with Gasteiger partial charge in [-0.25, -0.2) is 13.6 Å². The molecule has 26 heavy (non-hydrogen) atoms. The Morgan fingerprint density at radius 1 is 1.12 bits per heavy atom. The van der Waals surface area contributed by atoms with E-state index in [0.717, 1.165) is 24.3 Å². The van der Waals surface area contributed by atoms with Crippen molar-refractivity contribution in [1.82, 2.24) is 4.90 Å². The number of alkyl halides is 3. The normalized spacial score (nSPS) is 17.4. The molecule has 1 heterocycles. The van der Waals surface area contributed by atoms with Gasteiger partial charge in [0, 0.05) is 18.4 Å². The maximum Gasteiger partial charge on any atom is 0.416 e. The summed E-state index contributed by atoms with van der Waals surface area (Å²) in [6.45, 7) is 0.352. The van der Waals surface area contributed by atoms with Gasteiger partial charge in [-0.1, -0.05) is 12.1 Å². The van der Waals surface area contributed by atoms with Crippen molar-refractivity contribution in [2.75, 3.05) is 17.6 Å². The second kappa shape index (κ2) is 7.14. The quantitative estimate of drug-likeness (QED) is 0.712. The highest BCUT2D eigenvalue weighted by molar-refractivity contribution is 7.99. The minimum atomic E-state index is -4.43. The summed E-state index contributed by atoms with van der Waals surface area (Å²) in [5.74, 6) is -1.08. The molecule has 0 bridgehead atoms. The zero-order valence-electron chi connectivity index (χ0n) is 13.2. The summed E-state index contributed by atoms with van der Waals surface area (Å²) in [5.41, 5.74) is -0.400. The van der Waals surface area contributed by atoms with E-state index in [-0.39, 0.29) is 5.69 Å². The van der Waals surface area contributed by atoms with E-state index in [1.807, 2.05) is 0 Å². The van der Waals surface area contributed by atoms with Gasteiger partial charge in [-0.05, 0) is 29.8 Å². The van der Waals surface area contributed by atoms with Crippen LogP contribution >= 0.6 is 11.8 Å².